The molecule has 0 unspecified atom stereocenters. The summed E-state index contributed by atoms with van der Waals surface area (Å²) in [6.07, 6.45) is -2.02. The summed E-state index contributed by atoms with van der Waals surface area (Å²) in [5, 5.41) is 4.73. The molecule has 2 aliphatic carbocycles. The quantitative estimate of drug-likeness (QED) is 0.821. The van der Waals surface area contributed by atoms with Crippen LogP contribution >= 0.6 is 11.6 Å². The molecule has 2 N–H and O–H groups in total. The van der Waals surface area contributed by atoms with Crippen LogP contribution in [0, 0.1) is 5.41 Å². The Morgan fingerprint density at radius 3 is 2.35 bits per heavy atom. The van der Waals surface area contributed by atoms with E-state index in [1.54, 1.807) is 0 Å². The van der Waals surface area contributed by atoms with E-state index in [1.807, 2.05) is 0 Å². The smallest absolute Gasteiger partial charge is 0.352 e. The lowest BCUT2D eigenvalue weighted by Gasteiger charge is -2.16. The summed E-state index contributed by atoms with van der Waals surface area (Å²) in [6, 6.07) is 3.25. The fourth-order valence-corrected chi connectivity index (χ4v) is 2.53. The number of nitrogens with one attached hydrogen (secondary N) is 2. The maximum absolute atomic E-state index is 12.8. The molecule has 2 fully saturated rings. The molecular weight excluding hydrogens is 333 g/mol. The van der Waals surface area contributed by atoms with Gasteiger partial charge >= 0.3 is 6.18 Å². The normalized spacial score (nSPS) is 19.1. The summed E-state index contributed by atoms with van der Waals surface area (Å²) in [5.41, 5.74) is -2.21. The van der Waals surface area contributed by atoms with Gasteiger partial charge in [-0.25, -0.2) is 0 Å². The van der Waals surface area contributed by atoms with Crippen molar-refractivity contribution in [1.29, 1.82) is 0 Å². The van der Waals surface area contributed by atoms with E-state index >= 15 is 0 Å². The van der Waals surface area contributed by atoms with E-state index < -0.39 is 28.1 Å². The highest BCUT2D eigenvalue weighted by Gasteiger charge is 2.57. The average molecular weight is 347 g/mol. The Kier molecular flexibility index (Phi) is 3.78. The standard InChI is InChI=1S/C15H14ClF3N2O2/c16-11-4-3-9(7-10(11)15(17,18)19)21-13(23)14(5-6-14)12(22)20-8-1-2-8/h3-4,7-8H,1-2,5-6H2,(H,20,22)(H,21,23). The molecule has 1 aromatic carbocycles. The highest BCUT2D eigenvalue weighted by atomic mass is 35.5. The molecule has 0 aromatic heterocycles. The van der Waals surface area contributed by atoms with E-state index in [4.69, 9.17) is 11.6 Å². The highest BCUT2D eigenvalue weighted by molar-refractivity contribution is 6.31. The largest absolute Gasteiger partial charge is 0.417 e. The van der Waals surface area contributed by atoms with Gasteiger partial charge in [-0.15, -0.1) is 0 Å². The fourth-order valence-electron chi connectivity index (χ4n) is 2.30. The highest BCUT2D eigenvalue weighted by Crippen LogP contribution is 2.47. The van der Waals surface area contributed by atoms with Crippen molar-refractivity contribution in [3.8, 4) is 0 Å². The van der Waals surface area contributed by atoms with Gasteiger partial charge in [0.25, 0.3) is 0 Å². The monoisotopic (exact) mass is 346 g/mol. The summed E-state index contributed by atoms with van der Waals surface area (Å²) in [5.74, 6) is -0.923. The Hall–Kier alpha value is -1.76. The van der Waals surface area contributed by atoms with Gasteiger partial charge in [0.2, 0.25) is 11.8 Å². The lowest BCUT2D eigenvalue weighted by atomic mass is 10.0. The number of amides is 2. The van der Waals surface area contributed by atoms with Gasteiger partial charge in [0, 0.05) is 11.7 Å². The third-order valence-corrected chi connectivity index (χ3v) is 4.39. The van der Waals surface area contributed by atoms with E-state index in [-0.39, 0.29) is 17.6 Å². The van der Waals surface area contributed by atoms with Crippen LogP contribution in [0.4, 0.5) is 18.9 Å². The number of halogens is 4. The zero-order valence-electron chi connectivity index (χ0n) is 12.0. The van der Waals surface area contributed by atoms with E-state index in [1.165, 1.54) is 6.07 Å². The van der Waals surface area contributed by atoms with Crippen LogP contribution in [0.15, 0.2) is 18.2 Å². The Balaban J connectivity index is 1.74. The Morgan fingerprint density at radius 1 is 1.17 bits per heavy atom. The summed E-state index contributed by atoms with van der Waals surface area (Å²) >= 11 is 5.54. The molecule has 124 valence electrons. The molecule has 3 rings (SSSR count). The minimum Gasteiger partial charge on any atom is -0.352 e. The van der Waals surface area contributed by atoms with Crippen molar-refractivity contribution in [1.82, 2.24) is 5.32 Å². The van der Waals surface area contributed by atoms with Gasteiger partial charge in [-0.1, -0.05) is 11.6 Å². The lowest BCUT2D eigenvalue weighted by molar-refractivity contribution is -0.138. The zero-order chi connectivity index (χ0) is 16.8. The van der Waals surface area contributed by atoms with Crippen LogP contribution in [0.25, 0.3) is 0 Å². The maximum Gasteiger partial charge on any atom is 0.417 e. The van der Waals surface area contributed by atoms with Crippen molar-refractivity contribution < 1.29 is 22.8 Å². The van der Waals surface area contributed by atoms with E-state index in [0.717, 1.165) is 25.0 Å². The van der Waals surface area contributed by atoms with Crippen LogP contribution in [0.3, 0.4) is 0 Å². The zero-order valence-corrected chi connectivity index (χ0v) is 12.7. The van der Waals surface area contributed by atoms with Crippen LogP contribution in [0.2, 0.25) is 5.02 Å². The summed E-state index contributed by atoms with van der Waals surface area (Å²) in [4.78, 5) is 24.4. The molecule has 0 heterocycles. The molecule has 23 heavy (non-hydrogen) atoms. The summed E-state index contributed by atoms with van der Waals surface area (Å²) in [7, 11) is 0. The van der Waals surface area contributed by atoms with Crippen molar-refractivity contribution in [2.45, 2.75) is 37.9 Å². The molecule has 0 aliphatic heterocycles. The average Bonchev–Trinajstić information content (AvgIpc) is 3.33. The molecule has 0 atom stereocenters. The predicted molar refractivity (Wildman–Crippen MR) is 77.9 cm³/mol. The van der Waals surface area contributed by atoms with E-state index in [9.17, 15) is 22.8 Å². The summed E-state index contributed by atoms with van der Waals surface area (Å²) in [6.45, 7) is 0. The Bertz CT molecular complexity index is 667. The number of benzene rings is 1. The number of hydrogen-bond acceptors (Lipinski definition) is 2. The Labute approximate surface area is 135 Å². The molecule has 0 radical (unpaired) electrons. The minimum absolute atomic E-state index is 0.0304. The van der Waals surface area contributed by atoms with Crippen molar-refractivity contribution in [3.63, 3.8) is 0 Å². The van der Waals surface area contributed by atoms with Crippen LogP contribution in [0.5, 0.6) is 0 Å². The van der Waals surface area contributed by atoms with Crippen molar-refractivity contribution in [3.05, 3.63) is 28.8 Å². The van der Waals surface area contributed by atoms with Crippen LogP contribution in [-0.4, -0.2) is 17.9 Å². The molecule has 0 saturated heterocycles. The third kappa shape index (κ3) is 3.29. The molecule has 0 bridgehead atoms. The van der Waals surface area contributed by atoms with Crippen LogP contribution in [-0.2, 0) is 15.8 Å². The topological polar surface area (TPSA) is 58.2 Å². The molecule has 2 amide bonds. The van der Waals surface area contributed by atoms with Gasteiger partial charge in [-0.2, -0.15) is 13.2 Å². The van der Waals surface area contributed by atoms with Gasteiger partial charge in [0.05, 0.1) is 10.6 Å². The minimum atomic E-state index is -4.61. The summed E-state index contributed by atoms with van der Waals surface area (Å²) < 4.78 is 38.5. The first kappa shape index (κ1) is 16.1. The lowest BCUT2D eigenvalue weighted by Crippen LogP contribution is -2.40. The molecule has 0 spiro atoms. The van der Waals surface area contributed by atoms with Gasteiger partial charge in [0.15, 0.2) is 0 Å². The van der Waals surface area contributed by atoms with Gasteiger partial charge in [-0.05, 0) is 43.9 Å². The number of carbonyl (C=O) groups excluding carboxylic acids is 2. The Morgan fingerprint density at radius 2 is 1.83 bits per heavy atom. The molecule has 2 saturated carbocycles. The molecule has 4 nitrogen and oxygen atoms in total. The van der Waals surface area contributed by atoms with Crippen molar-refractivity contribution >= 4 is 29.1 Å². The van der Waals surface area contributed by atoms with Crippen molar-refractivity contribution in [2.75, 3.05) is 5.32 Å². The van der Waals surface area contributed by atoms with Gasteiger partial charge in [0.1, 0.15) is 5.41 Å². The number of carbonyl (C=O) groups is 2. The van der Waals surface area contributed by atoms with Crippen LogP contribution < -0.4 is 10.6 Å². The molecule has 8 heteroatoms. The first-order valence-electron chi connectivity index (χ1n) is 7.21. The van der Waals surface area contributed by atoms with Crippen molar-refractivity contribution in [2.24, 2.45) is 5.41 Å². The van der Waals surface area contributed by atoms with Gasteiger partial charge < -0.3 is 10.6 Å². The predicted octanol–water partition coefficient (Wildman–Crippen LogP) is 3.36. The number of hydrogen-bond donors (Lipinski definition) is 2. The maximum atomic E-state index is 12.8. The third-order valence-electron chi connectivity index (χ3n) is 4.06. The molecule has 2 aliphatic rings. The first-order valence-corrected chi connectivity index (χ1v) is 7.59. The second-order valence-electron chi connectivity index (χ2n) is 5.98. The van der Waals surface area contributed by atoms with E-state index in [2.05, 4.69) is 10.6 Å². The fraction of sp³-hybridized carbons (Fsp3) is 0.467. The number of anilines is 1. The SMILES string of the molecule is O=C(Nc1ccc(Cl)c(C(F)(F)F)c1)C1(C(=O)NC2CC2)CC1. The first-order chi connectivity index (χ1) is 10.7. The second kappa shape index (κ2) is 5.40. The molecular formula is C15H14ClF3N2O2. The number of alkyl halides is 3. The van der Waals surface area contributed by atoms with Gasteiger partial charge in [-0.3, -0.25) is 9.59 Å². The molecule has 1 aromatic rings. The van der Waals surface area contributed by atoms with Crippen LogP contribution in [0.1, 0.15) is 31.2 Å². The number of rotatable bonds is 4. The van der Waals surface area contributed by atoms with E-state index in [0.29, 0.717) is 12.8 Å². The second-order valence-corrected chi connectivity index (χ2v) is 6.38.